The summed E-state index contributed by atoms with van der Waals surface area (Å²) in [5, 5.41) is 20.9. The van der Waals surface area contributed by atoms with Crippen molar-refractivity contribution >= 4 is 27.5 Å². The average molecular weight is 357 g/mol. The Bertz CT molecular complexity index is 564. The number of benzene rings is 1. The summed E-state index contributed by atoms with van der Waals surface area (Å²) in [5.74, 6) is -0.323. The Kier molecular flexibility index (Phi) is 4.95. The summed E-state index contributed by atoms with van der Waals surface area (Å²) in [5.41, 5.74) is 0.114. The molecular formula is C14H17BrN2O4. The van der Waals surface area contributed by atoms with Crippen molar-refractivity contribution in [3.63, 3.8) is 0 Å². The summed E-state index contributed by atoms with van der Waals surface area (Å²) in [6.45, 7) is 0. The van der Waals surface area contributed by atoms with Crippen molar-refractivity contribution in [2.24, 2.45) is 0 Å². The van der Waals surface area contributed by atoms with Crippen LogP contribution in [0.1, 0.15) is 36.0 Å². The number of likely N-dealkylation sites (N-methyl/N-ethyl adjacent to an activating group) is 1. The van der Waals surface area contributed by atoms with Crippen LogP contribution in [-0.2, 0) is 0 Å². The molecule has 2 atom stereocenters. The van der Waals surface area contributed by atoms with Crippen molar-refractivity contribution in [2.45, 2.75) is 37.8 Å². The van der Waals surface area contributed by atoms with Crippen molar-refractivity contribution in [3.8, 4) is 0 Å². The third-order valence-electron chi connectivity index (χ3n) is 3.90. The van der Waals surface area contributed by atoms with E-state index in [9.17, 15) is 20.0 Å². The molecule has 21 heavy (non-hydrogen) atoms. The second kappa shape index (κ2) is 6.53. The fourth-order valence-corrected chi connectivity index (χ4v) is 3.09. The molecule has 0 aliphatic heterocycles. The topological polar surface area (TPSA) is 83.7 Å². The van der Waals surface area contributed by atoms with Gasteiger partial charge in [-0.3, -0.25) is 14.9 Å². The molecule has 7 heteroatoms. The second-order valence-corrected chi connectivity index (χ2v) is 6.11. The number of non-ortho nitro benzene ring substituents is 1. The Labute approximate surface area is 131 Å². The van der Waals surface area contributed by atoms with Gasteiger partial charge in [-0.1, -0.05) is 12.8 Å². The lowest BCUT2D eigenvalue weighted by molar-refractivity contribution is -0.384. The maximum absolute atomic E-state index is 12.5. The van der Waals surface area contributed by atoms with Crippen LogP contribution in [0, 0.1) is 10.1 Å². The molecule has 0 heterocycles. The van der Waals surface area contributed by atoms with Crippen molar-refractivity contribution in [2.75, 3.05) is 7.05 Å². The first kappa shape index (κ1) is 15.9. The number of nitro benzene ring substituents is 1. The van der Waals surface area contributed by atoms with Gasteiger partial charge in [0.05, 0.1) is 22.6 Å². The quantitative estimate of drug-likeness (QED) is 0.666. The van der Waals surface area contributed by atoms with Crippen molar-refractivity contribution < 1.29 is 14.8 Å². The van der Waals surface area contributed by atoms with E-state index < -0.39 is 11.0 Å². The summed E-state index contributed by atoms with van der Waals surface area (Å²) in [6, 6.07) is 3.86. The standard InChI is InChI=1S/C14H17BrN2O4/c1-16(12-4-2-3-5-13(12)18)14(19)10-8-9(17(20)21)6-7-11(10)15/h6-8,12-13,18H,2-5H2,1H3. The highest BCUT2D eigenvalue weighted by molar-refractivity contribution is 9.10. The van der Waals surface area contributed by atoms with Gasteiger partial charge in [-0.05, 0) is 34.8 Å². The maximum atomic E-state index is 12.5. The zero-order valence-electron chi connectivity index (χ0n) is 11.7. The molecule has 0 spiro atoms. The van der Waals surface area contributed by atoms with Crippen molar-refractivity contribution in [1.82, 2.24) is 4.90 Å². The number of nitrogens with zero attached hydrogens (tertiary/aromatic N) is 2. The summed E-state index contributed by atoms with van der Waals surface area (Å²) >= 11 is 3.26. The van der Waals surface area contributed by atoms with Crippen LogP contribution in [-0.4, -0.2) is 40.0 Å². The molecule has 0 saturated heterocycles. The molecule has 0 radical (unpaired) electrons. The Balaban J connectivity index is 2.26. The summed E-state index contributed by atoms with van der Waals surface area (Å²) in [7, 11) is 1.63. The van der Waals surface area contributed by atoms with E-state index >= 15 is 0 Å². The molecule has 0 bridgehead atoms. The van der Waals surface area contributed by atoms with E-state index in [2.05, 4.69) is 15.9 Å². The van der Waals surface area contributed by atoms with Gasteiger partial charge >= 0.3 is 0 Å². The molecule has 6 nitrogen and oxygen atoms in total. The van der Waals surface area contributed by atoms with Crippen LogP contribution in [0.2, 0.25) is 0 Å². The number of halogens is 1. The van der Waals surface area contributed by atoms with E-state index in [4.69, 9.17) is 0 Å². The number of hydrogen-bond acceptors (Lipinski definition) is 4. The van der Waals surface area contributed by atoms with Crippen molar-refractivity contribution in [1.29, 1.82) is 0 Å². The molecule has 1 amide bonds. The van der Waals surface area contributed by atoms with Gasteiger partial charge in [0, 0.05) is 23.7 Å². The number of amides is 1. The van der Waals surface area contributed by atoms with E-state index in [1.54, 1.807) is 7.05 Å². The third-order valence-corrected chi connectivity index (χ3v) is 4.59. The highest BCUT2D eigenvalue weighted by Crippen LogP contribution is 2.27. The molecule has 2 unspecified atom stereocenters. The minimum Gasteiger partial charge on any atom is -0.391 e. The average Bonchev–Trinajstić information content (AvgIpc) is 2.46. The van der Waals surface area contributed by atoms with Crippen LogP contribution in [0.5, 0.6) is 0 Å². The van der Waals surface area contributed by atoms with Gasteiger partial charge in [-0.25, -0.2) is 0 Å². The number of nitro groups is 1. The van der Waals surface area contributed by atoms with E-state index in [0.29, 0.717) is 10.9 Å². The van der Waals surface area contributed by atoms with Crippen LogP contribution < -0.4 is 0 Å². The van der Waals surface area contributed by atoms with Gasteiger partial charge in [0.15, 0.2) is 0 Å². The lowest BCUT2D eigenvalue weighted by Gasteiger charge is -2.35. The first-order chi connectivity index (χ1) is 9.91. The van der Waals surface area contributed by atoms with Gasteiger partial charge in [-0.2, -0.15) is 0 Å². The Morgan fingerprint density at radius 3 is 2.71 bits per heavy atom. The Morgan fingerprint density at radius 2 is 2.10 bits per heavy atom. The summed E-state index contributed by atoms with van der Waals surface area (Å²) in [6.07, 6.45) is 2.81. The molecule has 1 aliphatic rings. The van der Waals surface area contributed by atoms with Gasteiger partial charge in [0.2, 0.25) is 0 Å². The third kappa shape index (κ3) is 3.41. The second-order valence-electron chi connectivity index (χ2n) is 5.26. The SMILES string of the molecule is CN(C(=O)c1cc([N+](=O)[O-])ccc1Br)C1CCCCC1O. The van der Waals surface area contributed by atoms with E-state index in [-0.39, 0.29) is 23.2 Å². The molecular weight excluding hydrogens is 340 g/mol. The first-order valence-electron chi connectivity index (χ1n) is 6.81. The van der Waals surface area contributed by atoms with E-state index in [0.717, 1.165) is 19.3 Å². The number of hydrogen-bond donors (Lipinski definition) is 1. The molecule has 2 rings (SSSR count). The minimum absolute atomic E-state index is 0.126. The molecule has 1 fully saturated rings. The highest BCUT2D eigenvalue weighted by Gasteiger charge is 2.31. The monoisotopic (exact) mass is 356 g/mol. The van der Waals surface area contributed by atoms with Crippen LogP contribution in [0.4, 0.5) is 5.69 Å². The summed E-state index contributed by atoms with van der Waals surface area (Å²) < 4.78 is 0.509. The first-order valence-corrected chi connectivity index (χ1v) is 7.60. The van der Waals surface area contributed by atoms with Gasteiger partial charge in [-0.15, -0.1) is 0 Å². The summed E-state index contributed by atoms with van der Waals surface area (Å²) in [4.78, 5) is 24.3. The predicted molar refractivity (Wildman–Crippen MR) is 81.2 cm³/mol. The van der Waals surface area contributed by atoms with E-state index in [1.165, 1.54) is 23.1 Å². The van der Waals surface area contributed by atoms with Gasteiger partial charge < -0.3 is 10.0 Å². The maximum Gasteiger partial charge on any atom is 0.270 e. The van der Waals surface area contributed by atoms with Gasteiger partial charge in [0.25, 0.3) is 11.6 Å². The Hall–Kier alpha value is -1.47. The fourth-order valence-electron chi connectivity index (χ4n) is 2.67. The predicted octanol–water partition coefficient (Wildman–Crippen LogP) is 2.73. The van der Waals surface area contributed by atoms with Crippen LogP contribution in [0.3, 0.4) is 0 Å². The lowest BCUT2D eigenvalue weighted by Crippen LogP contribution is -2.46. The number of carbonyl (C=O) groups excluding carboxylic acids is 1. The zero-order chi connectivity index (χ0) is 15.6. The largest absolute Gasteiger partial charge is 0.391 e. The Morgan fingerprint density at radius 1 is 1.43 bits per heavy atom. The molecule has 1 saturated carbocycles. The minimum atomic E-state index is -0.537. The molecule has 1 N–H and O–H groups in total. The normalized spacial score (nSPS) is 21.9. The van der Waals surface area contributed by atoms with Crippen LogP contribution in [0.15, 0.2) is 22.7 Å². The smallest absolute Gasteiger partial charge is 0.270 e. The highest BCUT2D eigenvalue weighted by atomic mass is 79.9. The zero-order valence-corrected chi connectivity index (χ0v) is 13.2. The van der Waals surface area contributed by atoms with E-state index in [1.807, 2.05) is 0 Å². The van der Waals surface area contributed by atoms with Crippen LogP contribution in [0.25, 0.3) is 0 Å². The number of carbonyl (C=O) groups is 1. The molecule has 1 aromatic rings. The number of aliphatic hydroxyl groups is 1. The molecule has 114 valence electrons. The van der Waals surface area contributed by atoms with Gasteiger partial charge in [0.1, 0.15) is 0 Å². The van der Waals surface area contributed by atoms with Crippen LogP contribution >= 0.6 is 15.9 Å². The number of aliphatic hydroxyl groups excluding tert-OH is 1. The lowest BCUT2D eigenvalue weighted by atomic mass is 9.91. The number of rotatable bonds is 3. The molecule has 1 aromatic carbocycles. The fraction of sp³-hybridized carbons (Fsp3) is 0.500. The molecule has 0 aromatic heterocycles. The van der Waals surface area contributed by atoms with Crippen molar-refractivity contribution in [3.05, 3.63) is 38.3 Å². The molecule has 1 aliphatic carbocycles.